The zero-order chi connectivity index (χ0) is 20.8. The maximum absolute atomic E-state index is 11.9. The molecule has 2 aromatic carbocycles. The Morgan fingerprint density at radius 3 is 2.18 bits per heavy atom. The number of carboxylic acid groups (broad SMARTS) is 2. The summed E-state index contributed by atoms with van der Waals surface area (Å²) in [6.45, 7) is -0.649. The number of carboxylic acids is 2. The van der Waals surface area contributed by atoms with Gasteiger partial charge in [0.1, 0.15) is 12.0 Å². The van der Waals surface area contributed by atoms with Crippen LogP contribution >= 0.6 is 0 Å². The first kappa shape index (κ1) is 20.8. The zero-order valence-corrected chi connectivity index (χ0v) is 15.2. The molecular weight excluding hydrogens is 372 g/mol. The van der Waals surface area contributed by atoms with Gasteiger partial charge in [0.2, 0.25) is 0 Å². The summed E-state index contributed by atoms with van der Waals surface area (Å²) in [5, 5.41) is 38.2. The predicted octanol–water partition coefficient (Wildman–Crippen LogP) is 1.72. The van der Waals surface area contributed by atoms with Crippen molar-refractivity contribution in [2.45, 2.75) is 12.0 Å². The summed E-state index contributed by atoms with van der Waals surface area (Å²) >= 11 is 0. The number of hydrogen-bond donors (Lipinski definition) is 4. The van der Waals surface area contributed by atoms with Crippen LogP contribution in [-0.4, -0.2) is 59.3 Å². The fourth-order valence-corrected chi connectivity index (χ4v) is 2.68. The molecular formula is C19H20O9. The van der Waals surface area contributed by atoms with E-state index in [1.807, 2.05) is 0 Å². The Morgan fingerprint density at radius 2 is 1.64 bits per heavy atom. The first-order chi connectivity index (χ1) is 13.3. The molecule has 0 heterocycles. The molecule has 0 aliphatic heterocycles. The third-order valence-corrected chi connectivity index (χ3v) is 4.07. The van der Waals surface area contributed by atoms with Crippen molar-refractivity contribution in [3.63, 3.8) is 0 Å². The highest BCUT2D eigenvalue weighted by Gasteiger charge is 2.32. The molecule has 0 bridgehead atoms. The van der Waals surface area contributed by atoms with E-state index in [0.29, 0.717) is 0 Å². The third kappa shape index (κ3) is 4.44. The molecule has 0 saturated carbocycles. The molecule has 9 nitrogen and oxygen atoms in total. The number of aromatic hydroxyl groups is 1. The summed E-state index contributed by atoms with van der Waals surface area (Å²) in [5.41, 5.74) is 0.199. The van der Waals surface area contributed by atoms with E-state index >= 15 is 0 Å². The molecule has 0 spiro atoms. The molecule has 2 atom stereocenters. The van der Waals surface area contributed by atoms with E-state index in [1.165, 1.54) is 50.6 Å². The first-order valence-electron chi connectivity index (χ1n) is 8.10. The van der Waals surface area contributed by atoms with Crippen LogP contribution in [0.2, 0.25) is 0 Å². The third-order valence-electron chi connectivity index (χ3n) is 4.07. The Balaban J connectivity index is 2.41. The molecule has 0 aromatic heterocycles. The van der Waals surface area contributed by atoms with Crippen molar-refractivity contribution >= 4 is 11.9 Å². The highest BCUT2D eigenvalue weighted by molar-refractivity contribution is 5.88. The Labute approximate surface area is 160 Å². The number of aliphatic carboxylic acids is 1. The van der Waals surface area contributed by atoms with Crippen LogP contribution in [0, 0.1) is 0 Å². The molecule has 2 rings (SSSR count). The molecule has 0 aliphatic rings. The Bertz CT molecular complexity index is 862. The number of methoxy groups -OCH3 is 2. The number of aromatic carboxylic acids is 1. The molecule has 0 fully saturated rings. The number of phenols is 1. The largest absolute Gasteiger partial charge is 0.504 e. The van der Waals surface area contributed by atoms with Gasteiger partial charge < -0.3 is 34.6 Å². The second-order valence-corrected chi connectivity index (χ2v) is 5.76. The van der Waals surface area contributed by atoms with E-state index in [2.05, 4.69) is 0 Å². The minimum Gasteiger partial charge on any atom is -0.504 e. The molecule has 4 N–H and O–H groups in total. The molecule has 2 unspecified atom stereocenters. The summed E-state index contributed by atoms with van der Waals surface area (Å²) < 4.78 is 15.8. The highest BCUT2D eigenvalue weighted by atomic mass is 16.5. The van der Waals surface area contributed by atoms with Gasteiger partial charge in [-0.15, -0.1) is 0 Å². The lowest BCUT2D eigenvalue weighted by molar-refractivity contribution is -0.141. The zero-order valence-electron chi connectivity index (χ0n) is 15.2. The predicted molar refractivity (Wildman–Crippen MR) is 96.5 cm³/mol. The van der Waals surface area contributed by atoms with E-state index in [9.17, 15) is 24.9 Å². The van der Waals surface area contributed by atoms with Crippen LogP contribution in [0.15, 0.2) is 36.4 Å². The molecule has 2 aromatic rings. The van der Waals surface area contributed by atoms with E-state index in [4.69, 9.17) is 19.3 Å². The fraction of sp³-hybridized carbons (Fsp3) is 0.263. The fourth-order valence-electron chi connectivity index (χ4n) is 2.68. The number of hydrogen-bond acceptors (Lipinski definition) is 7. The van der Waals surface area contributed by atoms with Crippen LogP contribution in [0.5, 0.6) is 23.0 Å². The van der Waals surface area contributed by atoms with E-state index in [1.54, 1.807) is 0 Å². The highest BCUT2D eigenvalue weighted by Crippen LogP contribution is 2.35. The maximum atomic E-state index is 11.9. The lowest BCUT2D eigenvalue weighted by Gasteiger charge is -2.25. The monoisotopic (exact) mass is 392 g/mol. The number of phenolic OH excluding ortho intramolecular Hbond substituents is 1. The normalized spacial score (nSPS) is 12.7. The van der Waals surface area contributed by atoms with Gasteiger partial charge in [-0.25, -0.2) is 4.79 Å². The summed E-state index contributed by atoms with van der Waals surface area (Å²) in [7, 11) is 2.63. The number of benzene rings is 2. The van der Waals surface area contributed by atoms with E-state index < -0.39 is 30.6 Å². The molecule has 0 aliphatic carbocycles. The van der Waals surface area contributed by atoms with Crippen LogP contribution in [0.4, 0.5) is 0 Å². The quantitative estimate of drug-likeness (QED) is 0.501. The number of aliphatic hydroxyl groups is 1. The standard InChI is InChI=1S/C19H20O9/c1-26-14-7-10(3-5-12(14)21)17(19(24)25)16(9-20)28-13-6-4-11(18(22)23)8-15(13)27-2/h3-8,16-17,20-21H,9H2,1-2H3,(H,22,23)(H,24,25). The minimum absolute atomic E-state index is 0.0391. The van der Waals surface area contributed by atoms with Crippen LogP contribution in [-0.2, 0) is 4.79 Å². The Hall–Kier alpha value is -3.46. The molecule has 9 heteroatoms. The van der Waals surface area contributed by atoms with Gasteiger partial charge in [-0.3, -0.25) is 4.79 Å². The summed E-state index contributed by atoms with van der Waals surface area (Å²) in [4.78, 5) is 23.0. The van der Waals surface area contributed by atoms with E-state index in [0.717, 1.165) is 0 Å². The van der Waals surface area contributed by atoms with Gasteiger partial charge in [0.25, 0.3) is 0 Å². The lowest BCUT2D eigenvalue weighted by Crippen LogP contribution is -2.34. The average Bonchev–Trinajstić information content (AvgIpc) is 2.68. The first-order valence-corrected chi connectivity index (χ1v) is 8.10. The van der Waals surface area contributed by atoms with Crippen LogP contribution in [0.25, 0.3) is 0 Å². The van der Waals surface area contributed by atoms with Crippen molar-refractivity contribution in [1.29, 1.82) is 0 Å². The van der Waals surface area contributed by atoms with Crippen LogP contribution < -0.4 is 14.2 Å². The number of aliphatic hydroxyl groups excluding tert-OH is 1. The van der Waals surface area contributed by atoms with Gasteiger partial charge in [0.15, 0.2) is 23.0 Å². The topological polar surface area (TPSA) is 143 Å². The summed E-state index contributed by atoms with van der Waals surface area (Å²) in [6, 6.07) is 7.82. The second-order valence-electron chi connectivity index (χ2n) is 5.76. The van der Waals surface area contributed by atoms with Gasteiger partial charge >= 0.3 is 11.9 Å². The smallest absolute Gasteiger partial charge is 0.335 e. The molecule has 150 valence electrons. The molecule has 0 radical (unpaired) electrons. The maximum Gasteiger partial charge on any atom is 0.335 e. The van der Waals surface area contributed by atoms with Crippen molar-refractivity contribution in [2.75, 3.05) is 20.8 Å². The summed E-state index contributed by atoms with van der Waals surface area (Å²) in [5.74, 6) is -3.68. The van der Waals surface area contributed by atoms with Crippen LogP contribution in [0.1, 0.15) is 21.8 Å². The van der Waals surface area contributed by atoms with Gasteiger partial charge in [-0.05, 0) is 35.9 Å². The van der Waals surface area contributed by atoms with Crippen molar-refractivity contribution < 1.29 is 44.2 Å². The number of ether oxygens (including phenoxy) is 3. The van der Waals surface area contributed by atoms with Crippen molar-refractivity contribution in [1.82, 2.24) is 0 Å². The van der Waals surface area contributed by atoms with Crippen molar-refractivity contribution in [3.05, 3.63) is 47.5 Å². The Kier molecular flexibility index (Phi) is 6.67. The van der Waals surface area contributed by atoms with E-state index in [-0.39, 0.29) is 34.1 Å². The van der Waals surface area contributed by atoms with Crippen molar-refractivity contribution in [3.8, 4) is 23.0 Å². The van der Waals surface area contributed by atoms with Gasteiger partial charge in [-0.2, -0.15) is 0 Å². The number of rotatable bonds is 9. The average molecular weight is 392 g/mol. The minimum atomic E-state index is -1.30. The van der Waals surface area contributed by atoms with Gasteiger partial charge in [0, 0.05) is 0 Å². The van der Waals surface area contributed by atoms with Gasteiger partial charge in [0.05, 0.1) is 26.4 Å². The molecule has 0 amide bonds. The summed E-state index contributed by atoms with van der Waals surface area (Å²) in [6.07, 6.45) is -1.23. The molecule has 0 saturated heterocycles. The lowest BCUT2D eigenvalue weighted by atomic mass is 9.93. The Morgan fingerprint density at radius 1 is 0.964 bits per heavy atom. The van der Waals surface area contributed by atoms with Crippen molar-refractivity contribution in [2.24, 2.45) is 0 Å². The van der Waals surface area contributed by atoms with Gasteiger partial charge in [-0.1, -0.05) is 6.07 Å². The SMILES string of the molecule is COc1cc(C(C(=O)O)C(CO)Oc2ccc(C(=O)O)cc2OC)ccc1O. The number of carbonyl (C=O) groups is 2. The molecule has 28 heavy (non-hydrogen) atoms. The van der Waals surface area contributed by atoms with Crippen LogP contribution in [0.3, 0.4) is 0 Å². The second kappa shape index (κ2) is 8.96.